The fraction of sp³-hybridized carbons (Fsp3) is 0.438. The Kier molecular flexibility index (Phi) is 3.65. The second kappa shape index (κ2) is 5.57. The first kappa shape index (κ1) is 12.4. The molecule has 0 spiro atoms. The van der Waals surface area contributed by atoms with Gasteiger partial charge >= 0.3 is 0 Å². The molecule has 100 valence electrons. The minimum Gasteiger partial charge on any atom is -0.393 e. The highest BCUT2D eigenvalue weighted by molar-refractivity contribution is 5.30. The van der Waals surface area contributed by atoms with Crippen molar-refractivity contribution < 1.29 is 5.11 Å². The molecular weight excluding hydrogens is 236 g/mol. The highest BCUT2D eigenvalue weighted by Gasteiger charge is 2.23. The van der Waals surface area contributed by atoms with Crippen LogP contribution in [0.25, 0.3) is 5.69 Å². The number of hydrogen-bond acceptors (Lipinski definition) is 2. The Balaban J connectivity index is 1.71. The van der Waals surface area contributed by atoms with Gasteiger partial charge in [0.1, 0.15) is 0 Å². The zero-order valence-electron chi connectivity index (χ0n) is 11.1. The van der Waals surface area contributed by atoms with Gasteiger partial charge in [0.25, 0.3) is 0 Å². The molecule has 1 aromatic carbocycles. The second-order valence-corrected chi connectivity index (χ2v) is 5.44. The second-order valence-electron chi connectivity index (χ2n) is 5.44. The molecule has 1 N–H and O–H groups in total. The molecule has 0 amide bonds. The summed E-state index contributed by atoms with van der Waals surface area (Å²) in [5.41, 5.74) is 2.30. The van der Waals surface area contributed by atoms with Gasteiger partial charge in [-0.25, -0.2) is 4.68 Å². The summed E-state index contributed by atoms with van der Waals surface area (Å²) in [6, 6.07) is 10.1. The third-order valence-electron chi connectivity index (χ3n) is 4.02. The van der Waals surface area contributed by atoms with Crippen molar-refractivity contribution in [2.45, 2.75) is 38.2 Å². The number of nitrogens with zero attached hydrogens (tertiary/aromatic N) is 2. The van der Waals surface area contributed by atoms with Gasteiger partial charge in [-0.3, -0.25) is 0 Å². The van der Waals surface area contributed by atoms with Gasteiger partial charge in [-0.1, -0.05) is 31.0 Å². The average molecular weight is 256 g/mol. The Bertz CT molecular complexity index is 521. The first-order valence-electron chi connectivity index (χ1n) is 7.10. The standard InChI is InChI=1S/C16H20N2O/c19-16-9-5-4-6-14(16)10-13-11-17-18(12-13)15-7-2-1-3-8-15/h1-3,7-8,11-12,14,16,19H,4-6,9-10H2. The molecule has 3 nitrogen and oxygen atoms in total. The number of rotatable bonds is 3. The molecule has 1 aromatic heterocycles. The van der Waals surface area contributed by atoms with Gasteiger partial charge in [0.2, 0.25) is 0 Å². The summed E-state index contributed by atoms with van der Waals surface area (Å²) in [5.74, 6) is 0.405. The molecule has 2 aromatic rings. The third kappa shape index (κ3) is 2.87. The van der Waals surface area contributed by atoms with E-state index in [-0.39, 0.29) is 6.10 Å². The van der Waals surface area contributed by atoms with E-state index in [2.05, 4.69) is 11.3 Å². The maximum Gasteiger partial charge on any atom is 0.0645 e. The van der Waals surface area contributed by atoms with Crippen molar-refractivity contribution in [1.29, 1.82) is 0 Å². The highest BCUT2D eigenvalue weighted by atomic mass is 16.3. The molecule has 0 bridgehead atoms. The summed E-state index contributed by atoms with van der Waals surface area (Å²) in [7, 11) is 0. The summed E-state index contributed by atoms with van der Waals surface area (Å²) in [6.07, 6.45) is 9.32. The summed E-state index contributed by atoms with van der Waals surface area (Å²) in [4.78, 5) is 0. The molecule has 3 rings (SSSR count). The number of aliphatic hydroxyl groups excluding tert-OH is 1. The van der Waals surface area contributed by atoms with Gasteiger partial charge in [-0.15, -0.1) is 0 Å². The lowest BCUT2D eigenvalue weighted by Crippen LogP contribution is -2.25. The Morgan fingerprint density at radius 1 is 1.16 bits per heavy atom. The molecule has 0 radical (unpaired) electrons. The van der Waals surface area contributed by atoms with Crippen LogP contribution in [0.15, 0.2) is 42.7 Å². The zero-order valence-corrected chi connectivity index (χ0v) is 11.1. The average Bonchev–Trinajstić information content (AvgIpc) is 2.91. The number of benzene rings is 1. The van der Waals surface area contributed by atoms with Crippen LogP contribution >= 0.6 is 0 Å². The maximum atomic E-state index is 10.0. The lowest BCUT2D eigenvalue weighted by Gasteiger charge is -2.27. The lowest BCUT2D eigenvalue weighted by molar-refractivity contribution is 0.0700. The van der Waals surface area contributed by atoms with E-state index in [1.807, 2.05) is 41.2 Å². The molecule has 1 fully saturated rings. The maximum absolute atomic E-state index is 10.0. The van der Waals surface area contributed by atoms with Gasteiger partial charge in [0.15, 0.2) is 0 Å². The van der Waals surface area contributed by atoms with Crippen LogP contribution in [0, 0.1) is 5.92 Å². The van der Waals surface area contributed by atoms with E-state index in [4.69, 9.17) is 0 Å². The monoisotopic (exact) mass is 256 g/mol. The summed E-state index contributed by atoms with van der Waals surface area (Å²) < 4.78 is 1.91. The number of hydrogen-bond donors (Lipinski definition) is 1. The Morgan fingerprint density at radius 3 is 2.74 bits per heavy atom. The minimum atomic E-state index is -0.131. The van der Waals surface area contributed by atoms with Crippen LogP contribution < -0.4 is 0 Å². The molecule has 2 unspecified atom stereocenters. The van der Waals surface area contributed by atoms with Gasteiger partial charge in [0.05, 0.1) is 18.0 Å². The van der Waals surface area contributed by atoms with Crippen molar-refractivity contribution in [3.8, 4) is 5.69 Å². The largest absolute Gasteiger partial charge is 0.393 e. The number of aliphatic hydroxyl groups is 1. The van der Waals surface area contributed by atoms with Crippen molar-refractivity contribution in [2.75, 3.05) is 0 Å². The quantitative estimate of drug-likeness (QED) is 0.916. The SMILES string of the molecule is OC1CCCCC1Cc1cnn(-c2ccccc2)c1. The van der Waals surface area contributed by atoms with E-state index in [0.717, 1.165) is 24.9 Å². The van der Waals surface area contributed by atoms with Crippen molar-refractivity contribution in [1.82, 2.24) is 9.78 Å². The molecule has 1 aliphatic carbocycles. The van der Waals surface area contributed by atoms with Crippen molar-refractivity contribution in [3.63, 3.8) is 0 Å². The Hall–Kier alpha value is -1.61. The van der Waals surface area contributed by atoms with E-state index in [9.17, 15) is 5.11 Å². The summed E-state index contributed by atoms with van der Waals surface area (Å²) in [6.45, 7) is 0. The van der Waals surface area contributed by atoms with Gasteiger partial charge in [-0.2, -0.15) is 5.10 Å². The number of aromatic nitrogens is 2. The molecular formula is C16H20N2O. The van der Waals surface area contributed by atoms with Crippen LogP contribution in [-0.2, 0) is 6.42 Å². The van der Waals surface area contributed by atoms with Crippen LogP contribution in [0.2, 0.25) is 0 Å². The third-order valence-corrected chi connectivity index (χ3v) is 4.02. The first-order valence-corrected chi connectivity index (χ1v) is 7.10. The fourth-order valence-electron chi connectivity index (χ4n) is 2.92. The molecule has 1 aliphatic rings. The van der Waals surface area contributed by atoms with Gasteiger partial charge < -0.3 is 5.11 Å². The predicted octanol–water partition coefficient (Wildman–Crippen LogP) is 2.97. The van der Waals surface area contributed by atoms with Crippen LogP contribution in [0.3, 0.4) is 0 Å². The minimum absolute atomic E-state index is 0.131. The van der Waals surface area contributed by atoms with Crippen LogP contribution in [0.1, 0.15) is 31.2 Å². The van der Waals surface area contributed by atoms with E-state index < -0.39 is 0 Å². The fourth-order valence-corrected chi connectivity index (χ4v) is 2.92. The summed E-state index contributed by atoms with van der Waals surface area (Å²) in [5, 5.41) is 14.4. The van der Waals surface area contributed by atoms with Gasteiger partial charge in [0, 0.05) is 6.20 Å². The molecule has 2 atom stereocenters. The van der Waals surface area contributed by atoms with Crippen molar-refractivity contribution in [2.24, 2.45) is 5.92 Å². The van der Waals surface area contributed by atoms with Crippen LogP contribution in [0.5, 0.6) is 0 Å². The van der Waals surface area contributed by atoms with E-state index in [1.165, 1.54) is 18.4 Å². The molecule has 19 heavy (non-hydrogen) atoms. The number of para-hydroxylation sites is 1. The first-order chi connectivity index (χ1) is 9.33. The highest BCUT2D eigenvalue weighted by Crippen LogP contribution is 2.27. The Morgan fingerprint density at radius 2 is 1.95 bits per heavy atom. The van der Waals surface area contributed by atoms with Crippen molar-refractivity contribution >= 4 is 0 Å². The van der Waals surface area contributed by atoms with Crippen LogP contribution in [0.4, 0.5) is 0 Å². The topological polar surface area (TPSA) is 38.1 Å². The molecule has 1 saturated carbocycles. The molecule has 1 heterocycles. The smallest absolute Gasteiger partial charge is 0.0645 e. The molecule has 0 saturated heterocycles. The van der Waals surface area contributed by atoms with E-state index in [0.29, 0.717) is 5.92 Å². The zero-order chi connectivity index (χ0) is 13.1. The summed E-state index contributed by atoms with van der Waals surface area (Å²) >= 11 is 0. The normalized spacial score (nSPS) is 23.4. The Labute approximate surface area is 113 Å². The predicted molar refractivity (Wildman–Crippen MR) is 75.2 cm³/mol. The van der Waals surface area contributed by atoms with E-state index in [1.54, 1.807) is 0 Å². The van der Waals surface area contributed by atoms with Crippen molar-refractivity contribution in [3.05, 3.63) is 48.3 Å². The lowest BCUT2D eigenvalue weighted by atomic mass is 9.83. The van der Waals surface area contributed by atoms with Crippen LogP contribution in [-0.4, -0.2) is 21.0 Å². The molecule has 3 heteroatoms. The molecule has 0 aliphatic heterocycles. The van der Waals surface area contributed by atoms with Gasteiger partial charge in [-0.05, 0) is 42.9 Å². The van der Waals surface area contributed by atoms with E-state index >= 15 is 0 Å².